The van der Waals surface area contributed by atoms with E-state index in [1.165, 1.54) is 0 Å². The Morgan fingerprint density at radius 1 is 0.895 bits per heavy atom. The Balaban J connectivity index is 1.96. The van der Waals surface area contributed by atoms with Crippen molar-refractivity contribution in [3.63, 3.8) is 0 Å². The highest BCUT2D eigenvalue weighted by Gasteiger charge is 2.04. The summed E-state index contributed by atoms with van der Waals surface area (Å²) >= 11 is 0. The van der Waals surface area contributed by atoms with Gasteiger partial charge in [-0.25, -0.2) is 13.6 Å². The number of hydrogen-bond donors (Lipinski definition) is 1. The first-order valence-electron chi connectivity index (χ1n) is 5.79. The van der Waals surface area contributed by atoms with Gasteiger partial charge in [-0.3, -0.25) is 0 Å². The van der Waals surface area contributed by atoms with Crippen LogP contribution in [0.25, 0.3) is 0 Å². The summed E-state index contributed by atoms with van der Waals surface area (Å²) in [5.74, 6) is 0.536. The monoisotopic (exact) mass is 277 g/mol. The van der Waals surface area contributed by atoms with Gasteiger partial charge in [-0.05, 0) is 23.3 Å². The standard InChI is InChI=1S/C14H15NO3S/c15-19(16,17)11-13-6-8-14(9-7-13)18-10-12-4-2-1-3-5-12/h1-9H,10-11H2,(H2,15,16,17). The molecule has 0 aliphatic heterocycles. The van der Waals surface area contributed by atoms with Gasteiger partial charge in [0.1, 0.15) is 12.4 Å². The summed E-state index contributed by atoms with van der Waals surface area (Å²) in [6.45, 7) is 0.482. The lowest BCUT2D eigenvalue weighted by molar-refractivity contribution is 0.306. The molecule has 0 atom stereocenters. The minimum atomic E-state index is -3.49. The predicted molar refractivity (Wildman–Crippen MR) is 74.0 cm³/mol. The summed E-state index contributed by atoms with van der Waals surface area (Å²) in [6.07, 6.45) is 0. The normalized spacial score (nSPS) is 11.2. The van der Waals surface area contributed by atoms with Gasteiger partial charge in [-0.2, -0.15) is 0 Å². The molecule has 2 aromatic rings. The van der Waals surface area contributed by atoms with Gasteiger partial charge in [0.15, 0.2) is 0 Å². The topological polar surface area (TPSA) is 69.4 Å². The molecule has 0 aromatic heterocycles. The first kappa shape index (κ1) is 13.6. The van der Waals surface area contributed by atoms with Gasteiger partial charge in [0.2, 0.25) is 10.0 Å². The van der Waals surface area contributed by atoms with Crippen molar-refractivity contribution < 1.29 is 13.2 Å². The maximum Gasteiger partial charge on any atom is 0.213 e. The van der Waals surface area contributed by atoms with E-state index in [1.54, 1.807) is 24.3 Å². The third-order valence-electron chi connectivity index (χ3n) is 2.54. The fourth-order valence-corrected chi connectivity index (χ4v) is 2.31. The van der Waals surface area contributed by atoms with Crippen LogP contribution in [0.15, 0.2) is 54.6 Å². The van der Waals surface area contributed by atoms with Crippen LogP contribution in [0.4, 0.5) is 0 Å². The van der Waals surface area contributed by atoms with Gasteiger partial charge in [-0.1, -0.05) is 42.5 Å². The van der Waals surface area contributed by atoms with E-state index in [0.29, 0.717) is 17.9 Å². The lowest BCUT2D eigenvalue weighted by Crippen LogP contribution is -2.14. The molecule has 0 aliphatic carbocycles. The van der Waals surface area contributed by atoms with Gasteiger partial charge in [0, 0.05) is 0 Å². The summed E-state index contributed by atoms with van der Waals surface area (Å²) in [5, 5.41) is 4.98. The second-order valence-corrected chi connectivity index (χ2v) is 5.84. The molecule has 0 amide bonds. The second kappa shape index (κ2) is 5.86. The molecule has 19 heavy (non-hydrogen) atoms. The molecule has 2 aromatic carbocycles. The van der Waals surface area contributed by atoms with E-state index in [2.05, 4.69) is 0 Å². The Kier molecular flexibility index (Phi) is 4.19. The molecule has 0 saturated heterocycles. The van der Waals surface area contributed by atoms with E-state index in [0.717, 1.165) is 5.56 Å². The number of hydrogen-bond acceptors (Lipinski definition) is 3. The van der Waals surface area contributed by atoms with Crippen molar-refractivity contribution >= 4 is 10.0 Å². The van der Waals surface area contributed by atoms with Gasteiger partial charge in [0.05, 0.1) is 5.75 Å². The zero-order valence-electron chi connectivity index (χ0n) is 10.3. The zero-order valence-corrected chi connectivity index (χ0v) is 11.1. The molecule has 0 bridgehead atoms. The summed E-state index contributed by atoms with van der Waals surface area (Å²) < 4.78 is 27.5. The van der Waals surface area contributed by atoms with Crippen LogP contribution in [0.2, 0.25) is 0 Å². The smallest absolute Gasteiger partial charge is 0.213 e. The molecule has 0 heterocycles. The molecule has 2 rings (SSSR count). The first-order chi connectivity index (χ1) is 9.03. The summed E-state index contributed by atoms with van der Waals surface area (Å²) in [4.78, 5) is 0. The third kappa shape index (κ3) is 4.73. The van der Waals surface area contributed by atoms with Crippen LogP contribution in [-0.2, 0) is 22.4 Å². The van der Waals surface area contributed by atoms with Crippen LogP contribution in [0.3, 0.4) is 0 Å². The van der Waals surface area contributed by atoms with Crippen molar-refractivity contribution in [3.8, 4) is 5.75 Å². The number of benzene rings is 2. The predicted octanol–water partition coefficient (Wildman–Crippen LogP) is 2.05. The lowest BCUT2D eigenvalue weighted by atomic mass is 10.2. The van der Waals surface area contributed by atoms with E-state index in [-0.39, 0.29) is 5.75 Å². The van der Waals surface area contributed by atoms with Gasteiger partial charge in [-0.15, -0.1) is 0 Å². The number of sulfonamides is 1. The Labute approximate surface area is 112 Å². The van der Waals surface area contributed by atoms with Crippen LogP contribution in [0.5, 0.6) is 5.75 Å². The van der Waals surface area contributed by atoms with Crippen LogP contribution < -0.4 is 9.88 Å². The van der Waals surface area contributed by atoms with Crippen molar-refractivity contribution in [2.24, 2.45) is 5.14 Å². The van der Waals surface area contributed by atoms with E-state index in [4.69, 9.17) is 9.88 Å². The third-order valence-corrected chi connectivity index (χ3v) is 3.28. The molecule has 0 aliphatic rings. The molecule has 0 fully saturated rings. The maximum absolute atomic E-state index is 10.9. The van der Waals surface area contributed by atoms with Crippen LogP contribution in [0, 0.1) is 0 Å². The quantitative estimate of drug-likeness (QED) is 0.909. The molecule has 4 nitrogen and oxygen atoms in total. The van der Waals surface area contributed by atoms with E-state index < -0.39 is 10.0 Å². The molecule has 5 heteroatoms. The Hall–Kier alpha value is -1.85. The van der Waals surface area contributed by atoms with Crippen molar-refractivity contribution in [1.29, 1.82) is 0 Å². The van der Waals surface area contributed by atoms with Gasteiger partial charge < -0.3 is 4.74 Å². The number of nitrogens with two attached hydrogens (primary N) is 1. The summed E-state index contributed by atoms with van der Waals surface area (Å²) in [6, 6.07) is 16.7. The fraction of sp³-hybridized carbons (Fsp3) is 0.143. The van der Waals surface area contributed by atoms with Crippen LogP contribution in [-0.4, -0.2) is 8.42 Å². The highest BCUT2D eigenvalue weighted by molar-refractivity contribution is 7.88. The molecular formula is C14H15NO3S. The Morgan fingerprint density at radius 2 is 1.53 bits per heavy atom. The minimum absolute atomic E-state index is 0.161. The zero-order chi connectivity index (χ0) is 13.7. The lowest BCUT2D eigenvalue weighted by Gasteiger charge is -2.07. The number of primary sulfonamides is 1. The molecule has 0 radical (unpaired) electrons. The molecule has 0 spiro atoms. The average Bonchev–Trinajstić information content (AvgIpc) is 2.37. The average molecular weight is 277 g/mol. The summed E-state index contributed by atoms with van der Waals surface area (Å²) in [7, 11) is -3.49. The highest BCUT2D eigenvalue weighted by Crippen LogP contribution is 2.15. The van der Waals surface area contributed by atoms with Crippen molar-refractivity contribution in [2.75, 3.05) is 0 Å². The first-order valence-corrected chi connectivity index (χ1v) is 7.51. The SMILES string of the molecule is NS(=O)(=O)Cc1ccc(OCc2ccccc2)cc1. The van der Waals surface area contributed by atoms with Gasteiger partial charge >= 0.3 is 0 Å². The van der Waals surface area contributed by atoms with E-state index >= 15 is 0 Å². The number of rotatable bonds is 5. The fourth-order valence-electron chi connectivity index (χ4n) is 1.66. The molecular weight excluding hydrogens is 262 g/mol. The molecule has 0 saturated carbocycles. The molecule has 2 N–H and O–H groups in total. The van der Waals surface area contributed by atoms with Crippen molar-refractivity contribution in [3.05, 3.63) is 65.7 Å². The highest BCUT2D eigenvalue weighted by atomic mass is 32.2. The molecule has 100 valence electrons. The largest absolute Gasteiger partial charge is 0.489 e. The van der Waals surface area contributed by atoms with E-state index in [9.17, 15) is 8.42 Å². The number of ether oxygens (including phenoxy) is 1. The Morgan fingerprint density at radius 3 is 2.11 bits per heavy atom. The van der Waals surface area contributed by atoms with E-state index in [1.807, 2.05) is 30.3 Å². The van der Waals surface area contributed by atoms with Gasteiger partial charge in [0.25, 0.3) is 0 Å². The summed E-state index contributed by atoms with van der Waals surface area (Å²) in [5.41, 5.74) is 1.73. The van der Waals surface area contributed by atoms with Crippen LogP contribution >= 0.6 is 0 Å². The maximum atomic E-state index is 10.9. The van der Waals surface area contributed by atoms with Crippen molar-refractivity contribution in [1.82, 2.24) is 0 Å². The van der Waals surface area contributed by atoms with Crippen molar-refractivity contribution in [2.45, 2.75) is 12.4 Å². The molecule has 0 unspecified atom stereocenters. The second-order valence-electron chi connectivity index (χ2n) is 4.23. The minimum Gasteiger partial charge on any atom is -0.489 e. The van der Waals surface area contributed by atoms with Crippen LogP contribution in [0.1, 0.15) is 11.1 Å². The Bertz CT molecular complexity index is 622.